The summed E-state index contributed by atoms with van der Waals surface area (Å²) in [5.74, 6) is 0.628. The van der Waals surface area contributed by atoms with E-state index >= 15 is 0 Å². The first kappa shape index (κ1) is 20.0. The first-order valence-electron chi connectivity index (χ1n) is 8.57. The van der Waals surface area contributed by atoms with E-state index < -0.39 is 6.09 Å². The minimum absolute atomic E-state index is 0.179. The van der Waals surface area contributed by atoms with Gasteiger partial charge in [-0.3, -0.25) is 9.89 Å². The molecule has 0 saturated carbocycles. The molecule has 1 atom stereocenters. The SMILES string of the molecule is CCOC(=O)N[C@H](CNC(=O)c1cc(CC(C)C)[nH]n1)CC(C)C. The molecule has 1 heterocycles. The fraction of sp³-hybridized carbons (Fsp3) is 0.706. The number of amides is 2. The molecule has 7 heteroatoms. The summed E-state index contributed by atoms with van der Waals surface area (Å²) in [6.45, 7) is 10.8. The number of aromatic amines is 1. The number of hydrogen-bond acceptors (Lipinski definition) is 4. The number of carbonyl (C=O) groups is 2. The Hall–Kier alpha value is -2.05. The fourth-order valence-corrected chi connectivity index (χ4v) is 2.43. The third-order valence-electron chi connectivity index (χ3n) is 3.35. The van der Waals surface area contributed by atoms with Crippen LogP contribution in [0.5, 0.6) is 0 Å². The summed E-state index contributed by atoms with van der Waals surface area (Å²) in [6.07, 6.45) is 1.13. The van der Waals surface area contributed by atoms with E-state index in [1.807, 2.05) is 0 Å². The van der Waals surface area contributed by atoms with Gasteiger partial charge >= 0.3 is 6.09 Å². The fourth-order valence-electron chi connectivity index (χ4n) is 2.43. The normalized spacial score (nSPS) is 12.3. The molecule has 0 aliphatic rings. The van der Waals surface area contributed by atoms with E-state index in [2.05, 4.69) is 48.5 Å². The highest BCUT2D eigenvalue weighted by Crippen LogP contribution is 2.08. The first-order valence-corrected chi connectivity index (χ1v) is 8.57. The molecule has 0 fully saturated rings. The van der Waals surface area contributed by atoms with Crippen LogP contribution in [0.15, 0.2) is 6.07 Å². The largest absolute Gasteiger partial charge is 0.450 e. The van der Waals surface area contributed by atoms with E-state index in [-0.39, 0.29) is 11.9 Å². The van der Waals surface area contributed by atoms with Crippen LogP contribution < -0.4 is 10.6 Å². The Kier molecular flexibility index (Phi) is 8.29. The molecule has 0 aliphatic heterocycles. The lowest BCUT2D eigenvalue weighted by atomic mass is 10.0. The van der Waals surface area contributed by atoms with E-state index in [9.17, 15) is 9.59 Å². The van der Waals surface area contributed by atoms with E-state index in [0.29, 0.717) is 30.7 Å². The highest BCUT2D eigenvalue weighted by Gasteiger charge is 2.17. The third-order valence-corrected chi connectivity index (χ3v) is 3.35. The summed E-state index contributed by atoms with van der Waals surface area (Å²) >= 11 is 0. The molecule has 136 valence electrons. The Morgan fingerprint density at radius 3 is 2.54 bits per heavy atom. The molecule has 0 aliphatic carbocycles. The van der Waals surface area contributed by atoms with Crippen LogP contribution in [0.3, 0.4) is 0 Å². The number of carbonyl (C=O) groups excluding carboxylic acids is 2. The summed E-state index contributed by atoms with van der Waals surface area (Å²) in [6, 6.07) is 1.59. The first-order chi connectivity index (χ1) is 11.3. The molecule has 0 saturated heterocycles. The van der Waals surface area contributed by atoms with Crippen molar-refractivity contribution in [2.45, 2.75) is 53.5 Å². The van der Waals surface area contributed by atoms with E-state index in [0.717, 1.165) is 18.5 Å². The predicted molar refractivity (Wildman–Crippen MR) is 92.9 cm³/mol. The topological polar surface area (TPSA) is 96.1 Å². The minimum Gasteiger partial charge on any atom is -0.450 e. The number of nitrogens with zero attached hydrogens (tertiary/aromatic N) is 1. The number of aromatic nitrogens is 2. The summed E-state index contributed by atoms with van der Waals surface area (Å²) in [5, 5.41) is 12.5. The molecule has 0 bridgehead atoms. The van der Waals surface area contributed by atoms with Gasteiger partial charge < -0.3 is 15.4 Å². The molecule has 3 N–H and O–H groups in total. The van der Waals surface area contributed by atoms with Crippen LogP contribution in [0.25, 0.3) is 0 Å². The number of alkyl carbamates (subject to hydrolysis) is 1. The van der Waals surface area contributed by atoms with Gasteiger partial charge in [-0.05, 0) is 37.7 Å². The molecule has 2 amide bonds. The van der Waals surface area contributed by atoms with Gasteiger partial charge in [0.2, 0.25) is 0 Å². The van der Waals surface area contributed by atoms with Crippen LogP contribution in [-0.4, -0.2) is 41.4 Å². The van der Waals surface area contributed by atoms with Crippen LogP contribution >= 0.6 is 0 Å². The summed E-state index contributed by atoms with van der Waals surface area (Å²) in [4.78, 5) is 23.8. The van der Waals surface area contributed by atoms with Gasteiger partial charge in [-0.25, -0.2) is 4.79 Å². The molecule has 7 nitrogen and oxygen atoms in total. The van der Waals surface area contributed by atoms with Crippen molar-refractivity contribution in [3.63, 3.8) is 0 Å². The van der Waals surface area contributed by atoms with Gasteiger partial charge in [-0.1, -0.05) is 27.7 Å². The Morgan fingerprint density at radius 2 is 1.96 bits per heavy atom. The van der Waals surface area contributed by atoms with E-state index in [4.69, 9.17) is 4.74 Å². The Morgan fingerprint density at radius 1 is 1.25 bits per heavy atom. The number of rotatable bonds is 9. The van der Waals surface area contributed by atoms with Crippen molar-refractivity contribution in [3.05, 3.63) is 17.5 Å². The zero-order valence-electron chi connectivity index (χ0n) is 15.3. The zero-order chi connectivity index (χ0) is 18.1. The lowest BCUT2D eigenvalue weighted by molar-refractivity contribution is 0.0939. The molecule has 0 aromatic carbocycles. The van der Waals surface area contributed by atoms with Crippen LogP contribution in [0.4, 0.5) is 4.79 Å². The second kappa shape index (κ2) is 9.95. The minimum atomic E-state index is -0.462. The number of ether oxygens (including phenoxy) is 1. The van der Waals surface area contributed by atoms with Gasteiger partial charge in [0.1, 0.15) is 5.69 Å². The maximum absolute atomic E-state index is 12.2. The van der Waals surface area contributed by atoms with Crippen molar-refractivity contribution in [1.82, 2.24) is 20.8 Å². The Labute approximate surface area is 143 Å². The predicted octanol–water partition coefficient (Wildman–Crippen LogP) is 2.50. The quantitative estimate of drug-likeness (QED) is 0.644. The van der Waals surface area contributed by atoms with Gasteiger partial charge in [-0.2, -0.15) is 5.10 Å². The van der Waals surface area contributed by atoms with E-state index in [1.165, 1.54) is 0 Å². The molecule has 1 aromatic rings. The van der Waals surface area contributed by atoms with Crippen LogP contribution in [-0.2, 0) is 11.2 Å². The van der Waals surface area contributed by atoms with Gasteiger partial charge in [0, 0.05) is 18.3 Å². The van der Waals surface area contributed by atoms with Gasteiger partial charge in [-0.15, -0.1) is 0 Å². The Balaban J connectivity index is 2.56. The van der Waals surface area contributed by atoms with Gasteiger partial charge in [0.25, 0.3) is 5.91 Å². The van der Waals surface area contributed by atoms with Crippen molar-refractivity contribution in [3.8, 4) is 0 Å². The Bertz CT molecular complexity index is 526. The maximum atomic E-state index is 12.2. The smallest absolute Gasteiger partial charge is 0.407 e. The average Bonchev–Trinajstić information content (AvgIpc) is 2.91. The molecule has 0 radical (unpaired) electrons. The lowest BCUT2D eigenvalue weighted by Crippen LogP contribution is -2.44. The average molecular weight is 338 g/mol. The van der Waals surface area contributed by atoms with Crippen LogP contribution in [0.1, 0.15) is 57.2 Å². The summed E-state index contributed by atoms with van der Waals surface area (Å²) < 4.78 is 4.91. The lowest BCUT2D eigenvalue weighted by Gasteiger charge is -2.20. The molecule has 0 unspecified atom stereocenters. The number of H-pyrrole nitrogens is 1. The van der Waals surface area contributed by atoms with Crippen LogP contribution in [0, 0.1) is 11.8 Å². The van der Waals surface area contributed by atoms with Crippen molar-refractivity contribution in [2.24, 2.45) is 11.8 Å². The number of hydrogen-bond donors (Lipinski definition) is 3. The molecule has 1 aromatic heterocycles. The van der Waals surface area contributed by atoms with E-state index in [1.54, 1.807) is 13.0 Å². The van der Waals surface area contributed by atoms with Crippen molar-refractivity contribution in [1.29, 1.82) is 0 Å². The molecule has 0 spiro atoms. The standard InChI is InChI=1S/C17H30N4O3/c1-6-24-17(23)19-14(8-12(4)5)10-18-16(22)15-9-13(20-21-15)7-11(2)3/h9,11-12,14H,6-8,10H2,1-5H3,(H,18,22)(H,19,23)(H,20,21)/t14-/m0/s1. The van der Waals surface area contributed by atoms with Crippen molar-refractivity contribution < 1.29 is 14.3 Å². The highest BCUT2D eigenvalue weighted by atomic mass is 16.5. The summed E-state index contributed by atoms with van der Waals surface area (Å²) in [7, 11) is 0. The van der Waals surface area contributed by atoms with Crippen molar-refractivity contribution in [2.75, 3.05) is 13.2 Å². The van der Waals surface area contributed by atoms with Gasteiger partial charge in [0.15, 0.2) is 0 Å². The molecular weight excluding hydrogens is 308 g/mol. The third kappa shape index (κ3) is 7.48. The highest BCUT2D eigenvalue weighted by molar-refractivity contribution is 5.92. The zero-order valence-corrected chi connectivity index (χ0v) is 15.3. The van der Waals surface area contributed by atoms with Gasteiger partial charge in [0.05, 0.1) is 6.61 Å². The number of nitrogens with one attached hydrogen (secondary N) is 3. The molecule has 24 heavy (non-hydrogen) atoms. The molecule has 1 rings (SSSR count). The monoisotopic (exact) mass is 338 g/mol. The maximum Gasteiger partial charge on any atom is 0.407 e. The van der Waals surface area contributed by atoms with Crippen LogP contribution in [0.2, 0.25) is 0 Å². The summed E-state index contributed by atoms with van der Waals surface area (Å²) in [5.41, 5.74) is 1.31. The van der Waals surface area contributed by atoms with Crippen molar-refractivity contribution >= 4 is 12.0 Å². The molecular formula is C17H30N4O3. The second-order valence-electron chi connectivity index (χ2n) is 6.78. The second-order valence-corrected chi connectivity index (χ2v) is 6.78.